The highest BCUT2D eigenvalue weighted by atomic mass is 15.1. The van der Waals surface area contributed by atoms with E-state index in [1.54, 1.807) is 0 Å². The fourth-order valence-electron chi connectivity index (χ4n) is 4.09. The van der Waals surface area contributed by atoms with Gasteiger partial charge in [-0.25, -0.2) is 0 Å². The lowest BCUT2D eigenvalue weighted by molar-refractivity contribution is 0.190. The van der Waals surface area contributed by atoms with Gasteiger partial charge in [-0.2, -0.15) is 0 Å². The van der Waals surface area contributed by atoms with Gasteiger partial charge in [-0.3, -0.25) is 9.88 Å². The molecule has 3 nitrogen and oxygen atoms in total. The summed E-state index contributed by atoms with van der Waals surface area (Å²) in [5.41, 5.74) is 6.81. The molecule has 3 aromatic rings. The van der Waals surface area contributed by atoms with Crippen LogP contribution in [0.15, 0.2) is 73.1 Å². The van der Waals surface area contributed by atoms with Gasteiger partial charge in [-0.15, -0.1) is 0 Å². The van der Waals surface area contributed by atoms with Gasteiger partial charge in [0.25, 0.3) is 0 Å². The number of hydrogen-bond acceptors (Lipinski definition) is 3. The largest absolute Gasteiger partial charge is 0.310 e. The third kappa shape index (κ3) is 4.67. The van der Waals surface area contributed by atoms with Gasteiger partial charge >= 0.3 is 0 Å². The standard InChI is InChI=1S/C25H29N3/c1-20-6-2-4-8-24(20)25-9-5-3-7-22(25)19-28-16-12-23(13-17-28)27-18-21-10-14-26-15-11-21/h2-11,14-15,23,27H,12-13,16-19H2,1H3. The van der Waals surface area contributed by atoms with Gasteiger partial charge in [0.05, 0.1) is 0 Å². The Balaban J connectivity index is 1.35. The number of piperidine rings is 1. The zero-order valence-electron chi connectivity index (χ0n) is 16.6. The summed E-state index contributed by atoms with van der Waals surface area (Å²) in [6, 6.07) is 22.3. The molecule has 144 valence electrons. The number of nitrogens with zero attached hydrogens (tertiary/aromatic N) is 2. The molecular formula is C25H29N3. The van der Waals surface area contributed by atoms with Crippen LogP contribution in [0, 0.1) is 6.92 Å². The third-order valence-electron chi connectivity index (χ3n) is 5.78. The highest BCUT2D eigenvalue weighted by Crippen LogP contribution is 2.28. The monoisotopic (exact) mass is 371 g/mol. The maximum atomic E-state index is 4.09. The number of likely N-dealkylation sites (tertiary alicyclic amines) is 1. The third-order valence-corrected chi connectivity index (χ3v) is 5.78. The van der Waals surface area contributed by atoms with E-state index in [9.17, 15) is 0 Å². The van der Waals surface area contributed by atoms with Gasteiger partial charge in [-0.05, 0) is 72.8 Å². The smallest absolute Gasteiger partial charge is 0.0271 e. The maximum Gasteiger partial charge on any atom is 0.0271 e. The first-order valence-electron chi connectivity index (χ1n) is 10.3. The summed E-state index contributed by atoms with van der Waals surface area (Å²) in [7, 11) is 0. The van der Waals surface area contributed by atoms with Crippen molar-refractivity contribution in [2.75, 3.05) is 13.1 Å². The second-order valence-electron chi connectivity index (χ2n) is 7.76. The molecule has 1 aliphatic rings. The van der Waals surface area contributed by atoms with Gasteiger partial charge in [-0.1, -0.05) is 48.5 Å². The Bertz CT molecular complexity index is 883. The van der Waals surface area contributed by atoms with Crippen molar-refractivity contribution < 1.29 is 0 Å². The van der Waals surface area contributed by atoms with E-state index in [1.165, 1.54) is 40.7 Å². The Labute approximate surface area is 168 Å². The van der Waals surface area contributed by atoms with Crippen molar-refractivity contribution in [1.82, 2.24) is 15.2 Å². The Morgan fingerprint density at radius 2 is 1.57 bits per heavy atom. The van der Waals surface area contributed by atoms with E-state index in [0.29, 0.717) is 6.04 Å². The van der Waals surface area contributed by atoms with Crippen molar-refractivity contribution in [3.8, 4) is 11.1 Å². The Kier molecular flexibility index (Phi) is 6.15. The minimum absolute atomic E-state index is 0.607. The summed E-state index contributed by atoms with van der Waals surface area (Å²) < 4.78 is 0. The normalized spacial score (nSPS) is 15.6. The molecule has 28 heavy (non-hydrogen) atoms. The molecule has 0 saturated carbocycles. The molecule has 1 aliphatic heterocycles. The summed E-state index contributed by atoms with van der Waals surface area (Å²) in [6.45, 7) is 6.46. The van der Waals surface area contributed by atoms with Crippen LogP contribution in [0.2, 0.25) is 0 Å². The van der Waals surface area contributed by atoms with Crippen molar-refractivity contribution in [2.45, 2.75) is 38.9 Å². The summed E-state index contributed by atoms with van der Waals surface area (Å²) in [4.78, 5) is 6.69. The van der Waals surface area contributed by atoms with Crippen LogP contribution < -0.4 is 5.32 Å². The first-order valence-corrected chi connectivity index (χ1v) is 10.3. The van der Waals surface area contributed by atoms with Crippen LogP contribution in [-0.2, 0) is 13.1 Å². The first kappa shape index (κ1) is 18.9. The molecule has 0 radical (unpaired) electrons. The van der Waals surface area contributed by atoms with Gasteiger partial charge in [0.15, 0.2) is 0 Å². The van der Waals surface area contributed by atoms with Crippen molar-refractivity contribution in [1.29, 1.82) is 0 Å². The molecule has 0 aliphatic carbocycles. The molecule has 2 heterocycles. The zero-order chi connectivity index (χ0) is 19.2. The molecule has 1 N–H and O–H groups in total. The Hall–Kier alpha value is -2.49. The molecule has 4 rings (SSSR count). The van der Waals surface area contributed by atoms with Crippen LogP contribution in [-0.4, -0.2) is 29.0 Å². The summed E-state index contributed by atoms with van der Waals surface area (Å²) in [5, 5.41) is 3.71. The predicted molar refractivity (Wildman–Crippen MR) is 116 cm³/mol. The van der Waals surface area contributed by atoms with E-state index >= 15 is 0 Å². The first-order chi connectivity index (χ1) is 13.8. The molecule has 1 aromatic heterocycles. The van der Waals surface area contributed by atoms with Gasteiger partial charge in [0.1, 0.15) is 0 Å². The summed E-state index contributed by atoms with van der Waals surface area (Å²) in [6.07, 6.45) is 6.15. The second kappa shape index (κ2) is 9.13. The average Bonchev–Trinajstić information content (AvgIpc) is 2.75. The van der Waals surface area contributed by atoms with Gasteiger partial charge in [0, 0.05) is 31.5 Å². The lowest BCUT2D eigenvalue weighted by atomic mass is 9.95. The lowest BCUT2D eigenvalue weighted by Gasteiger charge is -2.33. The number of aryl methyl sites for hydroxylation is 1. The zero-order valence-corrected chi connectivity index (χ0v) is 16.6. The summed E-state index contributed by atoms with van der Waals surface area (Å²) in [5.74, 6) is 0. The number of pyridine rings is 1. The molecule has 0 atom stereocenters. The van der Waals surface area contributed by atoms with Crippen LogP contribution in [0.4, 0.5) is 0 Å². The number of rotatable bonds is 6. The molecule has 0 unspecified atom stereocenters. The fourth-order valence-corrected chi connectivity index (χ4v) is 4.09. The quantitative estimate of drug-likeness (QED) is 0.674. The SMILES string of the molecule is Cc1ccccc1-c1ccccc1CN1CCC(NCc2ccncc2)CC1. The minimum Gasteiger partial charge on any atom is -0.310 e. The van der Waals surface area contributed by atoms with Crippen molar-refractivity contribution >= 4 is 0 Å². The van der Waals surface area contributed by atoms with Crippen LogP contribution in [0.3, 0.4) is 0 Å². The van der Waals surface area contributed by atoms with E-state index < -0.39 is 0 Å². The number of benzene rings is 2. The van der Waals surface area contributed by atoms with Crippen LogP contribution in [0.1, 0.15) is 29.5 Å². The topological polar surface area (TPSA) is 28.2 Å². The van der Waals surface area contributed by atoms with Crippen molar-refractivity contribution in [2.24, 2.45) is 0 Å². The molecule has 1 saturated heterocycles. The number of aromatic nitrogens is 1. The lowest BCUT2D eigenvalue weighted by Crippen LogP contribution is -2.41. The average molecular weight is 372 g/mol. The van der Waals surface area contributed by atoms with E-state index in [-0.39, 0.29) is 0 Å². The molecular weight excluding hydrogens is 342 g/mol. The number of hydrogen-bond donors (Lipinski definition) is 1. The molecule has 2 aromatic carbocycles. The van der Waals surface area contributed by atoms with Crippen LogP contribution in [0.5, 0.6) is 0 Å². The van der Waals surface area contributed by atoms with Crippen LogP contribution >= 0.6 is 0 Å². The Morgan fingerprint density at radius 1 is 0.893 bits per heavy atom. The van der Waals surface area contributed by atoms with E-state index in [0.717, 1.165) is 26.2 Å². The molecule has 0 bridgehead atoms. The number of nitrogens with one attached hydrogen (secondary N) is 1. The van der Waals surface area contributed by atoms with Gasteiger partial charge in [0.2, 0.25) is 0 Å². The van der Waals surface area contributed by atoms with Gasteiger partial charge < -0.3 is 5.32 Å². The van der Waals surface area contributed by atoms with Crippen molar-refractivity contribution in [3.05, 3.63) is 89.7 Å². The van der Waals surface area contributed by atoms with E-state index in [2.05, 4.69) is 82.8 Å². The highest BCUT2D eigenvalue weighted by Gasteiger charge is 2.20. The van der Waals surface area contributed by atoms with Crippen molar-refractivity contribution in [3.63, 3.8) is 0 Å². The maximum absolute atomic E-state index is 4.09. The second-order valence-corrected chi connectivity index (χ2v) is 7.76. The molecule has 0 amide bonds. The highest BCUT2D eigenvalue weighted by molar-refractivity contribution is 5.70. The molecule has 0 spiro atoms. The van der Waals surface area contributed by atoms with E-state index in [4.69, 9.17) is 0 Å². The fraction of sp³-hybridized carbons (Fsp3) is 0.320. The molecule has 3 heteroatoms. The van der Waals surface area contributed by atoms with E-state index in [1.807, 2.05) is 12.4 Å². The Morgan fingerprint density at radius 3 is 2.32 bits per heavy atom. The summed E-state index contributed by atoms with van der Waals surface area (Å²) >= 11 is 0. The van der Waals surface area contributed by atoms with Crippen LogP contribution in [0.25, 0.3) is 11.1 Å². The predicted octanol–water partition coefficient (Wildman–Crippen LogP) is 4.81. The molecule has 1 fully saturated rings. The minimum atomic E-state index is 0.607.